The highest BCUT2D eigenvalue weighted by Gasteiger charge is 2.29. The average Bonchev–Trinajstić information content (AvgIpc) is 2.87. The first-order valence-corrected chi connectivity index (χ1v) is 7.91. The third-order valence-corrected chi connectivity index (χ3v) is 5.16. The van der Waals surface area contributed by atoms with Gasteiger partial charge in [0, 0.05) is 25.0 Å². The van der Waals surface area contributed by atoms with Crippen LogP contribution in [0, 0.1) is 6.92 Å². The molecule has 1 aliphatic rings. The molecule has 1 amide bonds. The molecule has 1 aliphatic heterocycles. The van der Waals surface area contributed by atoms with Crippen molar-refractivity contribution in [1.82, 2.24) is 15.2 Å². The fourth-order valence-corrected chi connectivity index (χ4v) is 3.43. The van der Waals surface area contributed by atoms with Gasteiger partial charge in [0.25, 0.3) is 5.91 Å². The molecule has 0 saturated carbocycles. The Balaban J connectivity index is 0.00000220. The maximum Gasteiger partial charge on any atom is 0.253 e. The number of aromatic nitrogens is 1. The van der Waals surface area contributed by atoms with Gasteiger partial charge in [-0.2, -0.15) is 0 Å². The summed E-state index contributed by atoms with van der Waals surface area (Å²) in [6.45, 7) is 8.17. The molecule has 1 aromatic rings. The number of hydrogen-bond acceptors (Lipinski definition) is 5. The molecule has 5 nitrogen and oxygen atoms in total. The highest BCUT2D eigenvalue weighted by atomic mass is 35.5. The summed E-state index contributed by atoms with van der Waals surface area (Å²) in [5, 5.41) is 4.32. The van der Waals surface area contributed by atoms with E-state index in [1.54, 1.807) is 16.2 Å². The van der Waals surface area contributed by atoms with Crippen LogP contribution >= 0.6 is 36.2 Å². The number of thiazole rings is 1. The van der Waals surface area contributed by atoms with Gasteiger partial charge < -0.3 is 15.0 Å². The molecule has 1 N–H and O–H groups in total. The van der Waals surface area contributed by atoms with Gasteiger partial charge in [0.2, 0.25) is 0 Å². The topological polar surface area (TPSA) is 54.5 Å². The first-order chi connectivity index (χ1) is 9.54. The van der Waals surface area contributed by atoms with Crippen LogP contribution in [0.2, 0.25) is 0 Å². The summed E-state index contributed by atoms with van der Waals surface area (Å²) in [6, 6.07) is 0.0332. The number of carbonyl (C=O) groups excluding carboxylic acids is 1. The summed E-state index contributed by atoms with van der Waals surface area (Å²) >= 11 is 1.70. The summed E-state index contributed by atoms with van der Waals surface area (Å²) in [4.78, 5) is 19.9. The van der Waals surface area contributed by atoms with E-state index in [1.165, 1.54) is 4.88 Å². The van der Waals surface area contributed by atoms with Crippen LogP contribution in [-0.2, 0) is 16.0 Å². The van der Waals surface area contributed by atoms with E-state index in [4.69, 9.17) is 4.74 Å². The van der Waals surface area contributed by atoms with E-state index in [1.807, 2.05) is 20.9 Å². The number of nitrogens with one attached hydrogen (secondary N) is 1. The van der Waals surface area contributed by atoms with Gasteiger partial charge in [0.05, 0.1) is 23.4 Å². The molecule has 2 unspecified atom stereocenters. The Bertz CT molecular complexity index is 479. The minimum atomic E-state index is -0.366. The van der Waals surface area contributed by atoms with Crippen molar-refractivity contribution in [3.8, 4) is 0 Å². The summed E-state index contributed by atoms with van der Waals surface area (Å²) in [5.74, 6) is 0.0375. The number of rotatable bonds is 4. The lowest BCUT2D eigenvalue weighted by molar-refractivity contribution is -0.145. The van der Waals surface area contributed by atoms with E-state index >= 15 is 0 Å². The van der Waals surface area contributed by atoms with Crippen molar-refractivity contribution in [2.45, 2.75) is 39.3 Å². The molecule has 0 aliphatic carbocycles. The maximum atomic E-state index is 12.4. The van der Waals surface area contributed by atoms with Crippen LogP contribution in [0.4, 0.5) is 0 Å². The lowest BCUT2D eigenvalue weighted by Gasteiger charge is -2.30. The van der Waals surface area contributed by atoms with Crippen LogP contribution in [0.1, 0.15) is 35.5 Å². The first kappa shape index (κ1) is 21.6. The smallest absolute Gasteiger partial charge is 0.253 e. The Morgan fingerprint density at radius 1 is 1.55 bits per heavy atom. The third-order valence-electron chi connectivity index (χ3n) is 3.69. The van der Waals surface area contributed by atoms with Crippen LogP contribution in [0.15, 0.2) is 0 Å². The van der Waals surface area contributed by atoms with Crippen molar-refractivity contribution >= 4 is 42.1 Å². The minimum absolute atomic E-state index is 0. The van der Waals surface area contributed by atoms with Crippen molar-refractivity contribution in [3.63, 3.8) is 0 Å². The standard InChI is InChI=1S/C14H23N3O2S.2ClH/c1-5-12-16-9(2)13(20-12)10(3)17(4)14(18)11-8-15-6-7-19-11;;/h10-11,15H,5-8H2,1-4H3;2*1H. The summed E-state index contributed by atoms with van der Waals surface area (Å²) in [5.41, 5.74) is 1.03. The molecule has 1 fully saturated rings. The van der Waals surface area contributed by atoms with Crippen LogP contribution in [0.3, 0.4) is 0 Å². The predicted molar refractivity (Wildman–Crippen MR) is 94.5 cm³/mol. The number of amides is 1. The van der Waals surface area contributed by atoms with E-state index in [0.29, 0.717) is 13.2 Å². The molecule has 1 saturated heterocycles. The summed E-state index contributed by atoms with van der Waals surface area (Å²) in [7, 11) is 1.84. The fraction of sp³-hybridized carbons (Fsp3) is 0.714. The van der Waals surface area contributed by atoms with Crippen LogP contribution in [0.5, 0.6) is 0 Å². The highest BCUT2D eigenvalue weighted by molar-refractivity contribution is 7.11. The van der Waals surface area contributed by atoms with Crippen molar-refractivity contribution in [3.05, 3.63) is 15.6 Å². The van der Waals surface area contributed by atoms with Gasteiger partial charge in [-0.1, -0.05) is 6.92 Å². The zero-order valence-corrected chi connectivity index (χ0v) is 15.9. The van der Waals surface area contributed by atoms with Gasteiger partial charge >= 0.3 is 0 Å². The number of ether oxygens (including phenoxy) is 1. The van der Waals surface area contributed by atoms with Gasteiger partial charge in [0.15, 0.2) is 0 Å². The molecule has 0 radical (unpaired) electrons. The Labute approximate surface area is 148 Å². The first-order valence-electron chi connectivity index (χ1n) is 7.09. The Morgan fingerprint density at radius 2 is 2.23 bits per heavy atom. The van der Waals surface area contributed by atoms with E-state index < -0.39 is 0 Å². The number of halogens is 2. The Hall–Kier alpha value is -0.400. The molecule has 2 rings (SSSR count). The number of carbonyl (C=O) groups is 1. The second-order valence-electron chi connectivity index (χ2n) is 5.10. The lowest BCUT2D eigenvalue weighted by atomic mass is 10.2. The molecule has 0 aromatic carbocycles. The molecule has 1 aromatic heterocycles. The molecule has 2 heterocycles. The second-order valence-corrected chi connectivity index (χ2v) is 6.21. The predicted octanol–water partition coefficient (Wildman–Crippen LogP) is 2.37. The monoisotopic (exact) mass is 369 g/mol. The lowest BCUT2D eigenvalue weighted by Crippen LogP contribution is -2.48. The minimum Gasteiger partial charge on any atom is -0.366 e. The van der Waals surface area contributed by atoms with Crippen molar-refractivity contribution in [1.29, 1.82) is 0 Å². The zero-order valence-electron chi connectivity index (χ0n) is 13.4. The molecule has 128 valence electrons. The number of likely N-dealkylation sites (N-methyl/N-ethyl adjacent to an activating group) is 1. The normalized spacial score (nSPS) is 18.8. The molecule has 2 atom stereocenters. The van der Waals surface area contributed by atoms with Gasteiger partial charge in [-0.15, -0.1) is 36.2 Å². The second kappa shape index (κ2) is 9.67. The SMILES string of the molecule is CCc1nc(C)c(C(C)N(C)C(=O)C2CNCCO2)s1.Cl.Cl. The molecule has 22 heavy (non-hydrogen) atoms. The van der Waals surface area contributed by atoms with Crippen molar-refractivity contribution in [2.24, 2.45) is 0 Å². The zero-order chi connectivity index (χ0) is 14.7. The summed E-state index contributed by atoms with van der Waals surface area (Å²) in [6.07, 6.45) is 0.570. The van der Waals surface area contributed by atoms with Gasteiger partial charge in [-0.25, -0.2) is 4.98 Å². The molecule has 0 bridgehead atoms. The molecular formula is C14H25Cl2N3O2S. The summed E-state index contributed by atoms with van der Waals surface area (Å²) < 4.78 is 5.54. The van der Waals surface area contributed by atoms with Crippen LogP contribution in [-0.4, -0.2) is 48.6 Å². The quantitative estimate of drug-likeness (QED) is 0.884. The van der Waals surface area contributed by atoms with E-state index in [0.717, 1.165) is 23.7 Å². The van der Waals surface area contributed by atoms with Crippen molar-refractivity contribution < 1.29 is 9.53 Å². The number of hydrogen-bond donors (Lipinski definition) is 1. The largest absolute Gasteiger partial charge is 0.366 e. The van der Waals surface area contributed by atoms with Gasteiger partial charge in [-0.3, -0.25) is 4.79 Å². The highest BCUT2D eigenvalue weighted by Crippen LogP contribution is 2.29. The third kappa shape index (κ3) is 4.80. The van der Waals surface area contributed by atoms with Gasteiger partial charge in [0.1, 0.15) is 6.10 Å². The molecule has 0 spiro atoms. The number of aryl methyl sites for hydroxylation is 2. The number of morpholine rings is 1. The fourth-order valence-electron chi connectivity index (χ4n) is 2.32. The van der Waals surface area contributed by atoms with Crippen molar-refractivity contribution in [2.75, 3.05) is 26.7 Å². The molecular weight excluding hydrogens is 345 g/mol. The molecule has 8 heteroatoms. The Morgan fingerprint density at radius 3 is 2.73 bits per heavy atom. The number of nitrogens with zero attached hydrogens (tertiary/aromatic N) is 2. The average molecular weight is 370 g/mol. The van der Waals surface area contributed by atoms with E-state index in [9.17, 15) is 4.79 Å². The van der Waals surface area contributed by atoms with Crippen LogP contribution in [0.25, 0.3) is 0 Å². The van der Waals surface area contributed by atoms with Crippen LogP contribution < -0.4 is 5.32 Å². The van der Waals surface area contributed by atoms with E-state index in [2.05, 4.69) is 17.2 Å². The maximum absolute atomic E-state index is 12.4. The van der Waals surface area contributed by atoms with Gasteiger partial charge in [-0.05, 0) is 20.3 Å². The van der Waals surface area contributed by atoms with E-state index in [-0.39, 0.29) is 42.9 Å². The Kier molecular flexibility index (Phi) is 9.50.